The van der Waals surface area contributed by atoms with Crippen molar-refractivity contribution in [2.75, 3.05) is 50.3 Å². The molecule has 1 rings (SSSR count). The summed E-state index contributed by atoms with van der Waals surface area (Å²) in [6, 6.07) is 5.20. The third-order valence-corrected chi connectivity index (χ3v) is 3.39. The number of nitrogen functional groups attached to an aromatic ring is 1. The van der Waals surface area contributed by atoms with Crippen molar-refractivity contribution < 1.29 is 9.53 Å². The number of hydrogen-bond acceptors (Lipinski definition) is 5. The largest absolute Gasteiger partial charge is 0.497 e. The minimum atomic E-state index is -0.0411. The van der Waals surface area contributed by atoms with Gasteiger partial charge in [0.1, 0.15) is 5.75 Å². The van der Waals surface area contributed by atoms with Crippen molar-refractivity contribution in [3.05, 3.63) is 18.2 Å². The Hall–Kier alpha value is -1.40. The molecule has 6 heteroatoms. The smallest absolute Gasteiger partial charge is 0.234 e. The van der Waals surface area contributed by atoms with Crippen LogP contribution in [0.4, 0.5) is 11.4 Å². The number of nitrogens with zero attached hydrogens (tertiary/aromatic N) is 1. The third kappa shape index (κ3) is 5.85. The fourth-order valence-corrected chi connectivity index (χ4v) is 2.28. The second kappa shape index (κ2) is 7.91. The van der Waals surface area contributed by atoms with Gasteiger partial charge in [0, 0.05) is 18.4 Å². The van der Waals surface area contributed by atoms with E-state index in [4.69, 9.17) is 10.5 Å². The van der Waals surface area contributed by atoms with Crippen molar-refractivity contribution in [1.29, 1.82) is 0 Å². The first-order valence-corrected chi connectivity index (χ1v) is 7.14. The molecule has 0 aliphatic rings. The molecule has 0 heterocycles. The fraction of sp³-hybridized carbons (Fsp3) is 0.462. The predicted molar refractivity (Wildman–Crippen MR) is 81.9 cm³/mol. The van der Waals surface area contributed by atoms with E-state index in [-0.39, 0.29) is 5.91 Å². The Morgan fingerprint density at radius 3 is 2.79 bits per heavy atom. The van der Waals surface area contributed by atoms with Gasteiger partial charge in [-0.15, -0.1) is 0 Å². The lowest BCUT2D eigenvalue weighted by molar-refractivity contribution is -0.113. The number of carbonyl (C=O) groups excluding carboxylic acids is 1. The van der Waals surface area contributed by atoms with Gasteiger partial charge in [-0.05, 0) is 26.2 Å². The number of rotatable bonds is 7. The molecule has 0 fully saturated rings. The number of carbonyl (C=O) groups is 1. The van der Waals surface area contributed by atoms with Crippen LogP contribution in [0.3, 0.4) is 0 Å². The van der Waals surface area contributed by atoms with Gasteiger partial charge in [0.25, 0.3) is 0 Å². The molecule has 106 valence electrons. The van der Waals surface area contributed by atoms with Crippen molar-refractivity contribution >= 4 is 29.0 Å². The highest BCUT2D eigenvalue weighted by Crippen LogP contribution is 2.24. The van der Waals surface area contributed by atoms with Gasteiger partial charge in [-0.2, -0.15) is 11.8 Å². The molecule has 0 aliphatic heterocycles. The second-order valence-electron chi connectivity index (χ2n) is 4.36. The van der Waals surface area contributed by atoms with Crippen LogP contribution in [0.5, 0.6) is 5.75 Å². The Morgan fingerprint density at radius 1 is 1.47 bits per heavy atom. The summed E-state index contributed by atoms with van der Waals surface area (Å²) < 4.78 is 5.06. The molecular weight excluding hydrogens is 262 g/mol. The molecule has 0 atom stereocenters. The van der Waals surface area contributed by atoms with Gasteiger partial charge in [-0.1, -0.05) is 0 Å². The minimum Gasteiger partial charge on any atom is -0.497 e. The van der Waals surface area contributed by atoms with Crippen LogP contribution < -0.4 is 15.8 Å². The summed E-state index contributed by atoms with van der Waals surface area (Å²) in [7, 11) is 5.60. The number of nitrogens with two attached hydrogens (primary N) is 1. The van der Waals surface area contributed by atoms with Crippen LogP contribution in [-0.2, 0) is 4.79 Å². The van der Waals surface area contributed by atoms with Crippen LogP contribution in [0.1, 0.15) is 0 Å². The van der Waals surface area contributed by atoms with Gasteiger partial charge in [0.15, 0.2) is 0 Å². The Balaban J connectivity index is 2.40. The van der Waals surface area contributed by atoms with Crippen LogP contribution in [-0.4, -0.2) is 50.1 Å². The molecule has 19 heavy (non-hydrogen) atoms. The molecule has 5 nitrogen and oxygen atoms in total. The maximum atomic E-state index is 11.7. The summed E-state index contributed by atoms with van der Waals surface area (Å²) in [5, 5.41) is 2.80. The van der Waals surface area contributed by atoms with E-state index < -0.39 is 0 Å². The number of hydrogen-bond donors (Lipinski definition) is 2. The number of anilines is 2. The highest BCUT2D eigenvalue weighted by Gasteiger charge is 2.06. The van der Waals surface area contributed by atoms with E-state index in [1.54, 1.807) is 37.1 Å². The van der Waals surface area contributed by atoms with Crippen LogP contribution >= 0.6 is 11.8 Å². The van der Waals surface area contributed by atoms with Crippen molar-refractivity contribution in [3.8, 4) is 5.75 Å². The van der Waals surface area contributed by atoms with Crippen molar-refractivity contribution in [2.24, 2.45) is 0 Å². The Kier molecular flexibility index (Phi) is 6.52. The number of methoxy groups -OCH3 is 1. The van der Waals surface area contributed by atoms with Gasteiger partial charge in [0.2, 0.25) is 5.91 Å². The summed E-state index contributed by atoms with van der Waals surface area (Å²) >= 11 is 1.60. The summed E-state index contributed by atoms with van der Waals surface area (Å²) in [6.07, 6.45) is 0. The average molecular weight is 283 g/mol. The van der Waals surface area contributed by atoms with Crippen LogP contribution in [0.2, 0.25) is 0 Å². The minimum absolute atomic E-state index is 0.0411. The van der Waals surface area contributed by atoms with Gasteiger partial charge >= 0.3 is 0 Å². The van der Waals surface area contributed by atoms with Gasteiger partial charge in [0.05, 0.1) is 24.2 Å². The molecule has 1 aromatic rings. The summed E-state index contributed by atoms with van der Waals surface area (Å²) in [4.78, 5) is 13.8. The first-order chi connectivity index (χ1) is 9.02. The molecule has 3 N–H and O–H groups in total. The first-order valence-electron chi connectivity index (χ1n) is 5.98. The van der Waals surface area contributed by atoms with Gasteiger partial charge in [-0.25, -0.2) is 0 Å². The van der Waals surface area contributed by atoms with E-state index in [2.05, 4.69) is 10.2 Å². The van der Waals surface area contributed by atoms with E-state index >= 15 is 0 Å². The standard InChI is InChI=1S/C13H21N3O2S/c1-16(2)6-7-19-9-13(17)15-12-5-4-10(18-3)8-11(12)14/h4-5,8H,6-7,9,14H2,1-3H3,(H,15,17). The lowest BCUT2D eigenvalue weighted by atomic mass is 10.2. The lowest BCUT2D eigenvalue weighted by Gasteiger charge is -2.10. The quantitative estimate of drug-likeness (QED) is 0.586. The molecular formula is C13H21N3O2S. The topological polar surface area (TPSA) is 67.6 Å². The SMILES string of the molecule is COc1ccc(NC(=O)CSCCN(C)C)c(N)c1. The Bertz CT molecular complexity index is 424. The molecule has 0 aromatic heterocycles. The van der Waals surface area contributed by atoms with Crippen molar-refractivity contribution in [3.63, 3.8) is 0 Å². The first kappa shape index (κ1) is 15.7. The van der Waals surface area contributed by atoms with E-state index in [9.17, 15) is 4.79 Å². The number of amides is 1. The normalized spacial score (nSPS) is 10.5. The number of nitrogens with one attached hydrogen (secondary N) is 1. The van der Waals surface area contributed by atoms with Gasteiger partial charge in [-0.3, -0.25) is 4.79 Å². The van der Waals surface area contributed by atoms with Gasteiger partial charge < -0.3 is 20.7 Å². The average Bonchev–Trinajstić information content (AvgIpc) is 2.37. The molecule has 0 saturated heterocycles. The Morgan fingerprint density at radius 2 is 2.21 bits per heavy atom. The zero-order valence-corrected chi connectivity index (χ0v) is 12.4. The highest BCUT2D eigenvalue weighted by atomic mass is 32.2. The maximum absolute atomic E-state index is 11.7. The zero-order valence-electron chi connectivity index (χ0n) is 11.6. The monoisotopic (exact) mass is 283 g/mol. The maximum Gasteiger partial charge on any atom is 0.234 e. The van der Waals surface area contributed by atoms with Crippen LogP contribution in [0.15, 0.2) is 18.2 Å². The van der Waals surface area contributed by atoms with E-state index in [0.717, 1.165) is 12.3 Å². The molecule has 0 radical (unpaired) electrons. The highest BCUT2D eigenvalue weighted by molar-refractivity contribution is 7.99. The summed E-state index contributed by atoms with van der Waals surface area (Å²) in [5.41, 5.74) is 6.96. The van der Waals surface area contributed by atoms with Crippen LogP contribution in [0, 0.1) is 0 Å². The number of ether oxygens (including phenoxy) is 1. The van der Waals surface area contributed by atoms with Crippen molar-refractivity contribution in [2.45, 2.75) is 0 Å². The van der Waals surface area contributed by atoms with E-state index in [1.165, 1.54) is 0 Å². The molecule has 1 aromatic carbocycles. The second-order valence-corrected chi connectivity index (χ2v) is 5.46. The Labute approximate surface area is 118 Å². The molecule has 0 bridgehead atoms. The molecule has 0 unspecified atom stereocenters. The van der Waals surface area contributed by atoms with Crippen LogP contribution in [0.25, 0.3) is 0 Å². The zero-order chi connectivity index (χ0) is 14.3. The van der Waals surface area contributed by atoms with E-state index in [0.29, 0.717) is 22.9 Å². The summed E-state index contributed by atoms with van der Waals surface area (Å²) in [5.74, 6) is 1.99. The molecule has 1 amide bonds. The molecule has 0 spiro atoms. The van der Waals surface area contributed by atoms with E-state index in [1.807, 2.05) is 14.1 Å². The molecule has 0 aliphatic carbocycles. The number of benzene rings is 1. The fourth-order valence-electron chi connectivity index (χ4n) is 1.38. The third-order valence-electron chi connectivity index (χ3n) is 2.45. The number of thioether (sulfide) groups is 1. The summed E-state index contributed by atoms with van der Waals surface area (Å²) in [6.45, 7) is 0.961. The predicted octanol–water partition coefficient (Wildman–Crippen LogP) is 1.51. The molecule has 0 saturated carbocycles. The van der Waals surface area contributed by atoms with Crippen molar-refractivity contribution in [1.82, 2.24) is 4.90 Å². The lowest BCUT2D eigenvalue weighted by Crippen LogP contribution is -2.18.